The molecule has 0 saturated heterocycles. The lowest BCUT2D eigenvalue weighted by Gasteiger charge is -2.17. The van der Waals surface area contributed by atoms with Crippen LogP contribution in [0.4, 0.5) is 0 Å². The van der Waals surface area contributed by atoms with Crippen molar-refractivity contribution in [1.82, 2.24) is 0 Å². The molecular formula is C8H20NO5P. The molecule has 0 aliphatic rings. The summed E-state index contributed by atoms with van der Waals surface area (Å²) in [4.78, 5) is 0. The maximum Gasteiger partial charge on any atom is 0.474 e. The molecule has 0 radical (unpaired) electrons. The molecule has 2 N–H and O–H groups in total. The summed E-state index contributed by atoms with van der Waals surface area (Å²) in [6.07, 6.45) is -0.222. The lowest BCUT2D eigenvalue weighted by atomic mass is 10.5. The molecule has 15 heavy (non-hydrogen) atoms. The van der Waals surface area contributed by atoms with Crippen LogP contribution >= 0.6 is 7.82 Å². The van der Waals surface area contributed by atoms with E-state index in [1.807, 2.05) is 0 Å². The maximum atomic E-state index is 11.7. The Hall–Kier alpha value is 0.0300. The number of nitrogens with two attached hydrogens (primary N) is 1. The molecule has 0 aromatic carbocycles. The van der Waals surface area contributed by atoms with Crippen LogP contribution in [-0.4, -0.2) is 39.6 Å². The smallest absolute Gasteiger partial charge is 0.378 e. The number of rotatable bonds is 9. The van der Waals surface area contributed by atoms with E-state index in [1.54, 1.807) is 13.8 Å². The van der Waals surface area contributed by atoms with E-state index in [-0.39, 0.29) is 12.7 Å². The summed E-state index contributed by atoms with van der Waals surface area (Å²) in [5.41, 5.74) is 5.22. The first-order chi connectivity index (χ1) is 7.04. The quantitative estimate of drug-likeness (QED) is 0.482. The molecule has 92 valence electrons. The van der Waals surface area contributed by atoms with Gasteiger partial charge in [0.1, 0.15) is 0 Å². The molecule has 0 heterocycles. The fraction of sp³-hybridized carbons (Fsp3) is 1.00. The Kier molecular flexibility index (Phi) is 8.23. The lowest BCUT2D eigenvalue weighted by molar-refractivity contribution is 0.0647. The molecule has 7 heteroatoms. The average molecular weight is 241 g/mol. The lowest BCUT2D eigenvalue weighted by Crippen LogP contribution is -2.12. The van der Waals surface area contributed by atoms with Crippen molar-refractivity contribution < 1.29 is 22.9 Å². The van der Waals surface area contributed by atoms with Crippen LogP contribution in [0, 0.1) is 0 Å². The van der Waals surface area contributed by atoms with Crippen molar-refractivity contribution in [3.63, 3.8) is 0 Å². The Morgan fingerprint density at radius 1 is 1.27 bits per heavy atom. The van der Waals surface area contributed by atoms with E-state index in [1.165, 1.54) is 7.11 Å². The van der Waals surface area contributed by atoms with Gasteiger partial charge in [-0.05, 0) is 13.8 Å². The standard InChI is InChI=1S/C8H20NO5P/c1-8(2)14-15(10,11-3)13-7-6-12-5-4-9/h8H,4-7,9H2,1-3H3. The third-order valence-electron chi connectivity index (χ3n) is 1.30. The molecule has 0 saturated carbocycles. The van der Waals surface area contributed by atoms with Crippen LogP contribution in [-0.2, 0) is 22.9 Å². The second kappa shape index (κ2) is 8.21. The predicted octanol–water partition coefficient (Wildman–Crippen LogP) is 1.16. The van der Waals surface area contributed by atoms with Crippen molar-refractivity contribution in [3.8, 4) is 0 Å². The van der Waals surface area contributed by atoms with E-state index in [0.717, 1.165) is 0 Å². The van der Waals surface area contributed by atoms with Gasteiger partial charge in [0, 0.05) is 13.7 Å². The van der Waals surface area contributed by atoms with Gasteiger partial charge in [0.2, 0.25) is 0 Å². The largest absolute Gasteiger partial charge is 0.474 e. The van der Waals surface area contributed by atoms with Crippen LogP contribution in [0.3, 0.4) is 0 Å². The highest BCUT2D eigenvalue weighted by Crippen LogP contribution is 2.49. The summed E-state index contributed by atoms with van der Waals surface area (Å²) in [6, 6.07) is 0. The van der Waals surface area contributed by atoms with Gasteiger partial charge in [-0.15, -0.1) is 0 Å². The molecule has 0 aromatic heterocycles. The Labute approximate surface area is 90.6 Å². The van der Waals surface area contributed by atoms with Gasteiger partial charge in [-0.25, -0.2) is 4.57 Å². The number of ether oxygens (including phenoxy) is 1. The number of hydrogen-bond acceptors (Lipinski definition) is 6. The summed E-state index contributed by atoms with van der Waals surface area (Å²) in [5.74, 6) is 0. The normalized spacial score (nSPS) is 15.5. The van der Waals surface area contributed by atoms with E-state index >= 15 is 0 Å². The van der Waals surface area contributed by atoms with E-state index in [2.05, 4.69) is 4.52 Å². The Balaban J connectivity index is 3.73. The third-order valence-corrected chi connectivity index (χ3v) is 2.93. The first-order valence-corrected chi connectivity index (χ1v) is 6.26. The van der Waals surface area contributed by atoms with Crippen molar-refractivity contribution in [2.75, 3.05) is 33.5 Å². The minimum Gasteiger partial charge on any atom is -0.378 e. The molecule has 0 rings (SSSR count). The van der Waals surface area contributed by atoms with Gasteiger partial charge in [0.15, 0.2) is 0 Å². The van der Waals surface area contributed by atoms with Crippen LogP contribution in [0.2, 0.25) is 0 Å². The van der Waals surface area contributed by atoms with Gasteiger partial charge in [0.05, 0.1) is 25.9 Å². The van der Waals surface area contributed by atoms with E-state index in [4.69, 9.17) is 19.5 Å². The van der Waals surface area contributed by atoms with Gasteiger partial charge in [0.25, 0.3) is 0 Å². The molecule has 6 nitrogen and oxygen atoms in total. The second-order valence-corrected chi connectivity index (χ2v) is 4.75. The SMILES string of the molecule is COP(=O)(OCCOCCN)OC(C)C. The number of phosphoric ester groups is 1. The first-order valence-electron chi connectivity index (χ1n) is 4.80. The molecule has 0 aromatic rings. The summed E-state index contributed by atoms with van der Waals surface area (Å²) in [7, 11) is -2.13. The fourth-order valence-corrected chi connectivity index (χ4v) is 1.84. The molecule has 1 atom stereocenters. The Bertz CT molecular complexity index is 199. The maximum absolute atomic E-state index is 11.7. The van der Waals surface area contributed by atoms with Crippen molar-refractivity contribution in [2.24, 2.45) is 5.73 Å². The first kappa shape index (κ1) is 15.0. The zero-order chi connectivity index (χ0) is 11.7. The highest BCUT2D eigenvalue weighted by Gasteiger charge is 2.25. The van der Waals surface area contributed by atoms with Crippen LogP contribution in [0.1, 0.15) is 13.8 Å². The summed E-state index contributed by atoms with van der Waals surface area (Å²) < 4.78 is 31.4. The predicted molar refractivity (Wildman–Crippen MR) is 56.7 cm³/mol. The van der Waals surface area contributed by atoms with Gasteiger partial charge >= 0.3 is 7.82 Å². The molecule has 0 amide bonds. The third kappa shape index (κ3) is 7.90. The van der Waals surface area contributed by atoms with Crippen LogP contribution in [0.25, 0.3) is 0 Å². The molecule has 0 spiro atoms. The zero-order valence-corrected chi connectivity index (χ0v) is 10.4. The van der Waals surface area contributed by atoms with Gasteiger partial charge in [-0.1, -0.05) is 0 Å². The zero-order valence-electron chi connectivity index (χ0n) is 9.47. The molecule has 0 aliphatic carbocycles. The van der Waals surface area contributed by atoms with Crippen molar-refractivity contribution in [3.05, 3.63) is 0 Å². The Morgan fingerprint density at radius 3 is 2.40 bits per heavy atom. The minimum absolute atomic E-state index is 0.151. The monoisotopic (exact) mass is 241 g/mol. The molecule has 0 bridgehead atoms. The van der Waals surface area contributed by atoms with Gasteiger partial charge in [-0.2, -0.15) is 0 Å². The van der Waals surface area contributed by atoms with Crippen molar-refractivity contribution >= 4 is 7.82 Å². The van der Waals surface area contributed by atoms with Crippen LogP contribution in [0.5, 0.6) is 0 Å². The highest BCUT2D eigenvalue weighted by atomic mass is 31.2. The fourth-order valence-electron chi connectivity index (χ4n) is 0.778. The van der Waals surface area contributed by atoms with E-state index in [9.17, 15) is 4.57 Å². The summed E-state index contributed by atoms with van der Waals surface area (Å²) >= 11 is 0. The summed E-state index contributed by atoms with van der Waals surface area (Å²) in [5, 5.41) is 0. The molecule has 1 unspecified atom stereocenters. The number of hydrogen-bond donors (Lipinski definition) is 1. The van der Waals surface area contributed by atoms with Crippen LogP contribution < -0.4 is 5.73 Å². The topological polar surface area (TPSA) is 80.0 Å². The second-order valence-electron chi connectivity index (χ2n) is 3.02. The average Bonchev–Trinajstić information content (AvgIpc) is 2.16. The van der Waals surface area contributed by atoms with Gasteiger partial charge in [-0.3, -0.25) is 13.6 Å². The van der Waals surface area contributed by atoms with Crippen molar-refractivity contribution in [2.45, 2.75) is 20.0 Å². The van der Waals surface area contributed by atoms with Gasteiger partial charge < -0.3 is 10.5 Å². The van der Waals surface area contributed by atoms with Crippen molar-refractivity contribution in [1.29, 1.82) is 0 Å². The molecule has 0 aliphatic heterocycles. The van der Waals surface area contributed by atoms with E-state index in [0.29, 0.717) is 19.8 Å². The minimum atomic E-state index is -3.42. The van der Waals surface area contributed by atoms with Crippen LogP contribution in [0.15, 0.2) is 0 Å². The van der Waals surface area contributed by atoms with E-state index < -0.39 is 7.82 Å². The highest BCUT2D eigenvalue weighted by molar-refractivity contribution is 7.48. The number of phosphoric acid groups is 1. The molecule has 0 fully saturated rings. The summed E-state index contributed by atoms with van der Waals surface area (Å²) in [6.45, 7) is 4.86. The molecular weight excluding hydrogens is 221 g/mol. The Morgan fingerprint density at radius 2 is 1.93 bits per heavy atom.